The average Bonchev–Trinajstić information content (AvgIpc) is 1.94. The lowest BCUT2D eigenvalue weighted by Crippen LogP contribution is -2.46. The van der Waals surface area contributed by atoms with Crippen molar-refractivity contribution in [1.29, 1.82) is 0 Å². The monoisotopic (exact) mass is 251 g/mol. The first kappa shape index (κ1) is 15.4. The van der Waals surface area contributed by atoms with Crippen LogP contribution in [0.2, 0.25) is 0 Å². The van der Waals surface area contributed by atoms with Gasteiger partial charge in [-0.25, -0.2) is 13.1 Å². The molecule has 0 fully saturated rings. The fourth-order valence-corrected chi connectivity index (χ4v) is 1.88. The number of nitrogens with one attached hydrogen (secondary N) is 1. The lowest BCUT2D eigenvalue weighted by atomic mass is 10.1. The van der Waals surface area contributed by atoms with Crippen LogP contribution in [0.15, 0.2) is 0 Å². The quantitative estimate of drug-likeness (QED) is 0.754. The number of rotatable bonds is 4. The van der Waals surface area contributed by atoms with Gasteiger partial charge in [0.25, 0.3) is 0 Å². The fraction of sp³-hybridized carbons (Fsp3) is 0.900. The number of hydrogen-bond acceptors (Lipinski definition) is 4. The summed E-state index contributed by atoms with van der Waals surface area (Å²) in [5.74, 6) is -0.711. The SMILES string of the molecule is CC(C)[C@@H](NS(C)(=O)=O)C(=O)OC(C)(C)C. The fourth-order valence-electron chi connectivity index (χ4n) is 1.05. The van der Waals surface area contributed by atoms with Gasteiger partial charge < -0.3 is 4.74 Å². The second-order valence-electron chi connectivity index (χ2n) is 5.15. The van der Waals surface area contributed by atoms with Gasteiger partial charge in [0.1, 0.15) is 11.6 Å². The van der Waals surface area contributed by atoms with Crippen molar-refractivity contribution >= 4 is 16.0 Å². The van der Waals surface area contributed by atoms with Gasteiger partial charge in [0.15, 0.2) is 0 Å². The maximum Gasteiger partial charge on any atom is 0.324 e. The molecule has 96 valence electrons. The molecule has 0 amide bonds. The molecule has 0 aromatic rings. The molecular weight excluding hydrogens is 230 g/mol. The summed E-state index contributed by atoms with van der Waals surface area (Å²) in [5.41, 5.74) is -0.622. The van der Waals surface area contributed by atoms with Crippen molar-refractivity contribution in [3.63, 3.8) is 0 Å². The lowest BCUT2D eigenvalue weighted by molar-refractivity contribution is -0.158. The molecule has 0 bridgehead atoms. The summed E-state index contributed by atoms with van der Waals surface area (Å²) in [7, 11) is -3.42. The van der Waals surface area contributed by atoms with Gasteiger partial charge in [-0.2, -0.15) is 0 Å². The number of hydrogen-bond donors (Lipinski definition) is 1. The Morgan fingerprint density at radius 3 is 1.94 bits per heavy atom. The minimum atomic E-state index is -3.42. The van der Waals surface area contributed by atoms with Crippen LogP contribution in [-0.2, 0) is 19.6 Å². The van der Waals surface area contributed by atoms with E-state index < -0.39 is 27.6 Å². The van der Waals surface area contributed by atoms with E-state index in [1.165, 1.54) is 0 Å². The van der Waals surface area contributed by atoms with E-state index >= 15 is 0 Å². The molecule has 0 aromatic heterocycles. The highest BCUT2D eigenvalue weighted by Gasteiger charge is 2.29. The van der Waals surface area contributed by atoms with Gasteiger partial charge in [-0.05, 0) is 26.7 Å². The molecule has 0 saturated heterocycles. The number of sulfonamides is 1. The van der Waals surface area contributed by atoms with E-state index in [2.05, 4.69) is 4.72 Å². The Labute approximate surface area is 97.6 Å². The molecule has 1 atom stereocenters. The van der Waals surface area contributed by atoms with Crippen molar-refractivity contribution < 1.29 is 17.9 Å². The molecule has 16 heavy (non-hydrogen) atoms. The molecule has 1 N–H and O–H groups in total. The molecule has 0 aliphatic carbocycles. The van der Waals surface area contributed by atoms with Crippen molar-refractivity contribution in [2.75, 3.05) is 6.26 Å². The average molecular weight is 251 g/mol. The summed E-state index contributed by atoms with van der Waals surface area (Å²) in [5, 5.41) is 0. The van der Waals surface area contributed by atoms with Crippen molar-refractivity contribution in [2.45, 2.75) is 46.3 Å². The van der Waals surface area contributed by atoms with Crippen LogP contribution < -0.4 is 4.72 Å². The molecule has 0 spiro atoms. The molecule has 0 aliphatic rings. The van der Waals surface area contributed by atoms with E-state index in [0.717, 1.165) is 6.26 Å². The maximum atomic E-state index is 11.7. The van der Waals surface area contributed by atoms with Gasteiger partial charge in [-0.15, -0.1) is 0 Å². The largest absolute Gasteiger partial charge is 0.459 e. The predicted molar refractivity (Wildman–Crippen MR) is 62.5 cm³/mol. The zero-order chi connectivity index (χ0) is 13.1. The third-order valence-corrected chi connectivity index (χ3v) is 2.35. The summed E-state index contributed by atoms with van der Waals surface area (Å²) in [6.07, 6.45) is 1.02. The molecule has 0 aromatic carbocycles. The zero-order valence-electron chi connectivity index (χ0n) is 10.7. The zero-order valence-corrected chi connectivity index (χ0v) is 11.5. The Kier molecular flexibility index (Phi) is 4.94. The van der Waals surface area contributed by atoms with Crippen molar-refractivity contribution in [3.8, 4) is 0 Å². The molecule has 0 radical (unpaired) electrons. The Bertz CT molecular complexity index is 340. The van der Waals surface area contributed by atoms with Crippen LogP contribution in [0.5, 0.6) is 0 Å². The molecule has 0 aliphatic heterocycles. The van der Waals surface area contributed by atoms with Crippen LogP contribution in [0.25, 0.3) is 0 Å². The van der Waals surface area contributed by atoms with Crippen molar-refractivity contribution in [3.05, 3.63) is 0 Å². The summed E-state index contributed by atoms with van der Waals surface area (Å²) >= 11 is 0. The van der Waals surface area contributed by atoms with Crippen LogP contribution in [0, 0.1) is 5.92 Å². The van der Waals surface area contributed by atoms with E-state index in [1.54, 1.807) is 34.6 Å². The first-order valence-electron chi connectivity index (χ1n) is 5.12. The number of esters is 1. The molecule has 5 nitrogen and oxygen atoms in total. The predicted octanol–water partition coefficient (Wildman–Crippen LogP) is 0.902. The van der Waals surface area contributed by atoms with Crippen molar-refractivity contribution in [2.24, 2.45) is 5.92 Å². The highest BCUT2D eigenvalue weighted by molar-refractivity contribution is 7.88. The van der Waals surface area contributed by atoms with E-state index in [4.69, 9.17) is 4.74 Å². The van der Waals surface area contributed by atoms with Crippen LogP contribution in [0.1, 0.15) is 34.6 Å². The normalized spacial score (nSPS) is 14.9. The second kappa shape index (κ2) is 5.14. The van der Waals surface area contributed by atoms with Gasteiger partial charge in [0, 0.05) is 0 Å². The Hall–Kier alpha value is -0.620. The first-order valence-corrected chi connectivity index (χ1v) is 7.01. The van der Waals surface area contributed by atoms with Crippen LogP contribution in [0.3, 0.4) is 0 Å². The Morgan fingerprint density at radius 1 is 1.25 bits per heavy atom. The topological polar surface area (TPSA) is 72.5 Å². The van der Waals surface area contributed by atoms with Crippen LogP contribution in [-0.4, -0.2) is 32.3 Å². The lowest BCUT2D eigenvalue weighted by Gasteiger charge is -2.25. The molecule has 0 rings (SSSR count). The molecule has 0 heterocycles. The standard InChI is InChI=1S/C10H21NO4S/c1-7(2)8(11-16(6,13)14)9(12)15-10(3,4)5/h7-8,11H,1-6H3/t8-/m1/s1. The van der Waals surface area contributed by atoms with E-state index in [-0.39, 0.29) is 5.92 Å². The molecule has 6 heteroatoms. The summed E-state index contributed by atoms with van der Waals surface area (Å²) < 4.78 is 29.6. The molecule has 0 saturated carbocycles. The van der Waals surface area contributed by atoms with Crippen LogP contribution in [0.4, 0.5) is 0 Å². The van der Waals surface area contributed by atoms with Gasteiger partial charge in [0.2, 0.25) is 10.0 Å². The molecular formula is C10H21NO4S. The van der Waals surface area contributed by atoms with E-state index in [9.17, 15) is 13.2 Å². The minimum absolute atomic E-state index is 0.162. The van der Waals surface area contributed by atoms with Crippen molar-refractivity contribution in [1.82, 2.24) is 4.72 Å². The van der Waals surface area contributed by atoms with E-state index in [0.29, 0.717) is 0 Å². The van der Waals surface area contributed by atoms with Gasteiger partial charge in [0.05, 0.1) is 6.26 Å². The van der Waals surface area contributed by atoms with Gasteiger partial charge in [-0.3, -0.25) is 4.79 Å². The number of ether oxygens (including phenoxy) is 1. The highest BCUT2D eigenvalue weighted by atomic mass is 32.2. The van der Waals surface area contributed by atoms with Gasteiger partial charge >= 0.3 is 5.97 Å². The Balaban J connectivity index is 4.75. The number of carbonyl (C=O) groups excluding carboxylic acids is 1. The number of carbonyl (C=O) groups is 1. The van der Waals surface area contributed by atoms with Crippen LogP contribution >= 0.6 is 0 Å². The second-order valence-corrected chi connectivity index (χ2v) is 6.93. The first-order chi connectivity index (χ1) is 6.92. The summed E-state index contributed by atoms with van der Waals surface area (Å²) in [6.45, 7) is 8.73. The third kappa shape index (κ3) is 6.79. The Morgan fingerprint density at radius 2 is 1.69 bits per heavy atom. The maximum absolute atomic E-state index is 11.7. The molecule has 0 unspecified atom stereocenters. The third-order valence-electron chi connectivity index (χ3n) is 1.67. The minimum Gasteiger partial charge on any atom is -0.459 e. The summed E-state index contributed by atoms with van der Waals surface area (Å²) in [6, 6.07) is -0.839. The van der Waals surface area contributed by atoms with E-state index in [1.807, 2.05) is 0 Å². The highest BCUT2D eigenvalue weighted by Crippen LogP contribution is 2.12. The van der Waals surface area contributed by atoms with Gasteiger partial charge in [-0.1, -0.05) is 13.8 Å². The summed E-state index contributed by atoms with van der Waals surface area (Å²) in [4.78, 5) is 11.7. The smallest absolute Gasteiger partial charge is 0.324 e.